The highest BCUT2D eigenvalue weighted by Crippen LogP contribution is 2.12. The molecule has 1 aromatic heterocycles. The van der Waals surface area contributed by atoms with E-state index in [1.54, 1.807) is 0 Å². The number of nitrogens with one attached hydrogen (secondary N) is 1. The lowest BCUT2D eigenvalue weighted by atomic mass is 10.0. The van der Waals surface area contributed by atoms with Crippen LogP contribution in [0.1, 0.15) is 37.9 Å². The van der Waals surface area contributed by atoms with E-state index in [0.717, 1.165) is 5.69 Å². The van der Waals surface area contributed by atoms with Crippen molar-refractivity contribution in [3.8, 4) is 0 Å². The lowest BCUT2D eigenvalue weighted by molar-refractivity contribution is 0.718. The zero-order chi connectivity index (χ0) is 13.0. The largest absolute Gasteiger partial charge is 0.355 e. The first kappa shape index (κ1) is 12.7. The molecule has 0 aliphatic heterocycles. The summed E-state index contributed by atoms with van der Waals surface area (Å²) in [6.07, 6.45) is 17.5. The summed E-state index contributed by atoms with van der Waals surface area (Å²) in [6.45, 7) is 8.21. The van der Waals surface area contributed by atoms with Crippen LogP contribution in [0.3, 0.4) is 0 Å². The van der Waals surface area contributed by atoms with Gasteiger partial charge in [0.05, 0.1) is 0 Å². The number of rotatable bonds is 4. The number of hydrogen-bond acceptors (Lipinski definition) is 0. The molecule has 1 heteroatoms. The van der Waals surface area contributed by atoms with Crippen molar-refractivity contribution in [1.82, 2.24) is 4.98 Å². The molecule has 1 N–H and O–H groups in total. The molecule has 1 heterocycles. The van der Waals surface area contributed by atoms with Crippen molar-refractivity contribution in [1.29, 1.82) is 0 Å². The van der Waals surface area contributed by atoms with Crippen LogP contribution in [0.2, 0.25) is 0 Å². The third-order valence-electron chi connectivity index (χ3n) is 3.30. The van der Waals surface area contributed by atoms with E-state index in [2.05, 4.69) is 54.9 Å². The molecule has 1 aliphatic rings. The van der Waals surface area contributed by atoms with Crippen molar-refractivity contribution < 1.29 is 0 Å². The second-order valence-electron chi connectivity index (χ2n) is 4.65. The number of fused-ring (bicyclic) bond motifs is 1. The molecule has 1 unspecified atom stereocenters. The minimum atomic E-state index is 0.528. The van der Waals surface area contributed by atoms with E-state index in [1.807, 2.05) is 13.0 Å². The Morgan fingerprint density at radius 2 is 2.28 bits per heavy atom. The molecule has 0 aromatic carbocycles. The molecule has 1 aliphatic carbocycles. The van der Waals surface area contributed by atoms with Crippen LogP contribution in [0, 0.1) is 5.92 Å². The number of aromatic nitrogens is 1. The van der Waals surface area contributed by atoms with Gasteiger partial charge in [-0.25, -0.2) is 0 Å². The summed E-state index contributed by atoms with van der Waals surface area (Å²) in [7, 11) is 0. The van der Waals surface area contributed by atoms with Crippen LogP contribution >= 0.6 is 0 Å². The summed E-state index contributed by atoms with van der Waals surface area (Å²) in [5, 5.41) is 2.48. The quantitative estimate of drug-likeness (QED) is 0.830. The van der Waals surface area contributed by atoms with E-state index in [-0.39, 0.29) is 0 Å². The van der Waals surface area contributed by atoms with Crippen LogP contribution in [-0.2, 0) is 0 Å². The van der Waals surface area contributed by atoms with Gasteiger partial charge in [-0.2, -0.15) is 0 Å². The molecule has 0 radical (unpaired) electrons. The maximum Gasteiger partial charge on any atom is 0.0461 e. The van der Waals surface area contributed by atoms with Crippen LogP contribution < -0.4 is 10.6 Å². The molecule has 0 saturated heterocycles. The van der Waals surface area contributed by atoms with Crippen LogP contribution in [0.25, 0.3) is 24.3 Å². The van der Waals surface area contributed by atoms with Gasteiger partial charge in [0.25, 0.3) is 0 Å². The number of allylic oxidation sites excluding steroid dienone is 3. The van der Waals surface area contributed by atoms with Gasteiger partial charge in [0.1, 0.15) is 0 Å². The zero-order valence-corrected chi connectivity index (χ0v) is 11.2. The molecule has 2 rings (SSSR count). The second-order valence-corrected chi connectivity index (χ2v) is 4.65. The Hall–Kier alpha value is -1.76. The molecule has 0 spiro atoms. The predicted molar refractivity (Wildman–Crippen MR) is 81.3 cm³/mol. The monoisotopic (exact) mass is 239 g/mol. The normalized spacial score (nSPS) is 18.0. The summed E-state index contributed by atoms with van der Waals surface area (Å²) in [5.41, 5.74) is 2.36. The summed E-state index contributed by atoms with van der Waals surface area (Å²) < 4.78 is 0. The van der Waals surface area contributed by atoms with Gasteiger partial charge in [0.15, 0.2) is 0 Å². The molecular formula is C17H21N. The standard InChI is InChI=1S/C17H21N/c1-4-8-13-10-7-11-17-15(12-13)14(6-3)16(18-17)9-5-2/h5-7,9-13,18H,3-4,8H2,1-2H3/b9-5-. The van der Waals surface area contributed by atoms with Crippen molar-refractivity contribution in [2.24, 2.45) is 5.92 Å². The topological polar surface area (TPSA) is 15.8 Å². The average Bonchev–Trinajstić information content (AvgIpc) is 2.54. The first-order valence-electron chi connectivity index (χ1n) is 6.67. The summed E-state index contributed by atoms with van der Waals surface area (Å²) >= 11 is 0. The molecule has 0 amide bonds. The third kappa shape index (κ3) is 2.40. The van der Waals surface area contributed by atoms with E-state index in [1.165, 1.54) is 29.0 Å². The molecular weight excluding hydrogens is 218 g/mol. The Morgan fingerprint density at radius 3 is 2.94 bits per heavy atom. The predicted octanol–water partition coefficient (Wildman–Crippen LogP) is 3.24. The third-order valence-corrected chi connectivity index (χ3v) is 3.30. The molecule has 1 aromatic rings. The van der Waals surface area contributed by atoms with Crippen molar-refractivity contribution >= 4 is 24.3 Å². The molecule has 94 valence electrons. The Morgan fingerprint density at radius 1 is 1.44 bits per heavy atom. The summed E-state index contributed by atoms with van der Waals surface area (Å²) in [4.78, 5) is 3.46. The molecule has 0 saturated carbocycles. The van der Waals surface area contributed by atoms with Gasteiger partial charge in [-0.1, -0.05) is 50.3 Å². The fourth-order valence-corrected chi connectivity index (χ4v) is 2.48. The maximum atomic E-state index is 3.95. The van der Waals surface area contributed by atoms with E-state index in [4.69, 9.17) is 0 Å². The van der Waals surface area contributed by atoms with Crippen molar-refractivity contribution in [3.63, 3.8) is 0 Å². The molecule has 0 bridgehead atoms. The average molecular weight is 239 g/mol. The maximum absolute atomic E-state index is 3.95. The fraction of sp³-hybridized carbons (Fsp3) is 0.294. The lowest BCUT2D eigenvalue weighted by Gasteiger charge is -2.03. The first-order valence-corrected chi connectivity index (χ1v) is 6.67. The van der Waals surface area contributed by atoms with Crippen molar-refractivity contribution in [3.05, 3.63) is 46.6 Å². The highest BCUT2D eigenvalue weighted by atomic mass is 14.7. The minimum absolute atomic E-state index is 0.528. The summed E-state index contributed by atoms with van der Waals surface area (Å²) in [6, 6.07) is 0. The van der Waals surface area contributed by atoms with E-state index >= 15 is 0 Å². The van der Waals surface area contributed by atoms with Crippen LogP contribution in [0.5, 0.6) is 0 Å². The van der Waals surface area contributed by atoms with E-state index < -0.39 is 0 Å². The highest BCUT2D eigenvalue weighted by molar-refractivity contribution is 5.65. The lowest BCUT2D eigenvalue weighted by Crippen LogP contribution is -2.24. The SMILES string of the molecule is C=Cc1c(/C=C\C)[nH]c2c1=CC(CCC)C=CC=2. The van der Waals surface area contributed by atoms with Gasteiger partial charge in [0.2, 0.25) is 0 Å². The van der Waals surface area contributed by atoms with Crippen LogP contribution in [0.15, 0.2) is 24.8 Å². The van der Waals surface area contributed by atoms with Crippen LogP contribution in [-0.4, -0.2) is 4.98 Å². The van der Waals surface area contributed by atoms with Gasteiger partial charge >= 0.3 is 0 Å². The van der Waals surface area contributed by atoms with Crippen LogP contribution in [0.4, 0.5) is 0 Å². The van der Waals surface area contributed by atoms with Gasteiger partial charge < -0.3 is 4.98 Å². The smallest absolute Gasteiger partial charge is 0.0461 e. The Labute approximate surface area is 109 Å². The molecule has 0 fully saturated rings. The van der Waals surface area contributed by atoms with Gasteiger partial charge in [-0.15, -0.1) is 0 Å². The van der Waals surface area contributed by atoms with Gasteiger partial charge in [-0.3, -0.25) is 0 Å². The van der Waals surface area contributed by atoms with Gasteiger partial charge in [0, 0.05) is 21.8 Å². The number of hydrogen-bond donors (Lipinski definition) is 1. The number of H-pyrrole nitrogens is 1. The fourth-order valence-electron chi connectivity index (χ4n) is 2.48. The minimum Gasteiger partial charge on any atom is -0.355 e. The summed E-state index contributed by atoms with van der Waals surface area (Å²) in [5.74, 6) is 0.528. The first-order chi connectivity index (χ1) is 8.80. The Kier molecular flexibility index (Phi) is 4.03. The highest BCUT2D eigenvalue weighted by Gasteiger charge is 2.07. The molecule has 18 heavy (non-hydrogen) atoms. The zero-order valence-electron chi connectivity index (χ0n) is 11.2. The van der Waals surface area contributed by atoms with Crippen molar-refractivity contribution in [2.45, 2.75) is 26.7 Å². The number of aromatic amines is 1. The van der Waals surface area contributed by atoms with Crippen molar-refractivity contribution in [2.75, 3.05) is 0 Å². The van der Waals surface area contributed by atoms with E-state index in [0.29, 0.717) is 5.92 Å². The Balaban J connectivity index is 2.63. The molecule has 1 atom stereocenters. The Bertz CT molecular complexity index is 596. The molecule has 1 nitrogen and oxygen atoms in total. The second kappa shape index (κ2) is 5.72. The van der Waals surface area contributed by atoms with E-state index in [9.17, 15) is 0 Å². The van der Waals surface area contributed by atoms with Gasteiger partial charge in [-0.05, 0) is 31.4 Å².